The first-order valence-corrected chi connectivity index (χ1v) is 15.5. The quantitative estimate of drug-likeness (QED) is 0.191. The molecule has 0 N–H and O–H groups in total. The van der Waals surface area contributed by atoms with Crippen LogP contribution in [-0.4, -0.2) is 14.5 Å². The zero-order chi connectivity index (χ0) is 30.8. The first-order valence-electron chi connectivity index (χ1n) is 15.5. The normalized spacial score (nSPS) is 11.7. The lowest BCUT2D eigenvalue weighted by Crippen LogP contribution is -2.30. The molecule has 0 spiro atoms. The van der Waals surface area contributed by atoms with Crippen LogP contribution in [0.5, 0.6) is 0 Å². The summed E-state index contributed by atoms with van der Waals surface area (Å²) < 4.78 is 11.4. The van der Waals surface area contributed by atoms with Crippen LogP contribution in [0.1, 0.15) is 5.56 Å². The van der Waals surface area contributed by atoms with Crippen LogP contribution in [-0.2, 0) is 7.05 Å². The van der Waals surface area contributed by atoms with Crippen molar-refractivity contribution in [1.29, 1.82) is 0 Å². The minimum atomic E-state index is 0.904. The average Bonchev–Trinajstić information content (AvgIpc) is 3.64. The van der Waals surface area contributed by atoms with Gasteiger partial charge in [0.1, 0.15) is 23.2 Å². The number of hydrogen-bond donors (Lipinski definition) is 0. The van der Waals surface area contributed by atoms with Gasteiger partial charge in [-0.25, -0.2) is 14.5 Å². The van der Waals surface area contributed by atoms with Gasteiger partial charge in [-0.15, -0.1) is 0 Å². The van der Waals surface area contributed by atoms with Crippen LogP contribution in [0.25, 0.3) is 83.1 Å². The van der Waals surface area contributed by atoms with Crippen molar-refractivity contribution in [2.75, 3.05) is 0 Å². The molecule has 0 aliphatic rings. The van der Waals surface area contributed by atoms with Gasteiger partial charge in [0.05, 0.1) is 7.05 Å². The SMILES string of the molecule is Cc1ccc2c(oc3ccc4ccccc4c32)c1-c1n(-c2ccc(-c3ccc(-c4cncnc4)cc3)cc2)c2ccccc2[n+]1C. The van der Waals surface area contributed by atoms with Gasteiger partial charge < -0.3 is 4.42 Å². The van der Waals surface area contributed by atoms with Crippen LogP contribution in [0.4, 0.5) is 0 Å². The topological polar surface area (TPSA) is 47.7 Å². The van der Waals surface area contributed by atoms with E-state index in [0.717, 1.165) is 77.9 Å². The lowest BCUT2D eigenvalue weighted by molar-refractivity contribution is -0.633. The fourth-order valence-corrected chi connectivity index (χ4v) is 6.95. The first kappa shape index (κ1) is 26.3. The van der Waals surface area contributed by atoms with E-state index in [2.05, 4.69) is 154 Å². The highest BCUT2D eigenvalue weighted by Crippen LogP contribution is 2.41. The summed E-state index contributed by atoms with van der Waals surface area (Å²) in [5.74, 6) is 1.08. The second-order valence-corrected chi connectivity index (χ2v) is 11.9. The third-order valence-electron chi connectivity index (χ3n) is 9.21. The standard InChI is InChI=1S/C41H29N4O/c1-26-11-21-34-39-33-8-4-3-7-30(33)18-22-37(39)46-40(34)38(26)41-44(2)35-9-5-6-10-36(35)45(41)32-19-16-28(17-20-32)27-12-14-29(15-13-27)31-23-42-25-43-24-31/h3-25H,1-2H3/q+1. The van der Waals surface area contributed by atoms with E-state index in [0.29, 0.717) is 0 Å². The molecule has 0 saturated carbocycles. The number of furan rings is 1. The Bertz CT molecular complexity index is 2580. The van der Waals surface area contributed by atoms with Gasteiger partial charge in [0.15, 0.2) is 16.6 Å². The van der Waals surface area contributed by atoms with Crippen molar-refractivity contribution in [3.8, 4) is 39.3 Å². The molecule has 0 saturated heterocycles. The number of aromatic nitrogens is 4. The molecule has 218 valence electrons. The second-order valence-electron chi connectivity index (χ2n) is 11.9. The number of nitrogens with zero attached hydrogens (tertiary/aromatic N) is 4. The molecule has 0 unspecified atom stereocenters. The summed E-state index contributed by atoms with van der Waals surface area (Å²) in [7, 11) is 2.15. The zero-order valence-electron chi connectivity index (χ0n) is 25.5. The number of benzene rings is 6. The molecular formula is C41H29N4O+. The molecule has 0 fully saturated rings. The van der Waals surface area contributed by atoms with E-state index in [1.54, 1.807) is 6.33 Å². The van der Waals surface area contributed by atoms with Gasteiger partial charge >= 0.3 is 0 Å². The Kier molecular flexibility index (Phi) is 5.87. The van der Waals surface area contributed by atoms with Crippen molar-refractivity contribution < 1.29 is 8.98 Å². The van der Waals surface area contributed by atoms with Crippen molar-refractivity contribution in [2.24, 2.45) is 7.05 Å². The van der Waals surface area contributed by atoms with E-state index in [1.807, 2.05) is 12.4 Å². The van der Waals surface area contributed by atoms with E-state index in [1.165, 1.54) is 10.8 Å². The van der Waals surface area contributed by atoms with Gasteiger partial charge in [0.2, 0.25) is 0 Å². The Morgan fingerprint density at radius 3 is 2.09 bits per heavy atom. The van der Waals surface area contributed by atoms with Crippen LogP contribution in [0.3, 0.4) is 0 Å². The Morgan fingerprint density at radius 2 is 1.30 bits per heavy atom. The molecule has 0 radical (unpaired) electrons. The molecule has 5 heteroatoms. The molecular weight excluding hydrogens is 564 g/mol. The fourth-order valence-electron chi connectivity index (χ4n) is 6.95. The van der Waals surface area contributed by atoms with Crippen LogP contribution < -0.4 is 4.57 Å². The van der Waals surface area contributed by atoms with E-state index in [4.69, 9.17) is 4.42 Å². The molecule has 3 heterocycles. The fraction of sp³-hybridized carbons (Fsp3) is 0.0488. The van der Waals surface area contributed by atoms with E-state index in [-0.39, 0.29) is 0 Å². The van der Waals surface area contributed by atoms with Gasteiger partial charge in [0, 0.05) is 28.7 Å². The van der Waals surface area contributed by atoms with Gasteiger partial charge in [-0.2, -0.15) is 4.57 Å². The second kappa shape index (κ2) is 10.2. The van der Waals surface area contributed by atoms with Crippen molar-refractivity contribution in [3.63, 3.8) is 0 Å². The summed E-state index contributed by atoms with van der Waals surface area (Å²) in [5, 5.41) is 4.71. The summed E-state index contributed by atoms with van der Waals surface area (Å²) in [6.45, 7) is 2.18. The average molecular weight is 594 g/mol. The summed E-state index contributed by atoms with van der Waals surface area (Å²) in [6, 6.07) is 43.2. The molecule has 3 aromatic heterocycles. The first-order chi connectivity index (χ1) is 22.7. The number of hydrogen-bond acceptors (Lipinski definition) is 3. The minimum absolute atomic E-state index is 0.904. The number of imidazole rings is 1. The largest absolute Gasteiger partial charge is 0.455 e. The highest BCUT2D eigenvalue weighted by Gasteiger charge is 2.30. The van der Waals surface area contributed by atoms with E-state index in [9.17, 15) is 0 Å². The Balaban J connectivity index is 1.23. The van der Waals surface area contributed by atoms with Crippen LogP contribution in [0, 0.1) is 6.92 Å². The highest BCUT2D eigenvalue weighted by atomic mass is 16.3. The van der Waals surface area contributed by atoms with E-state index < -0.39 is 0 Å². The third kappa shape index (κ3) is 3.99. The molecule has 46 heavy (non-hydrogen) atoms. The van der Waals surface area contributed by atoms with Gasteiger partial charge in [0.25, 0.3) is 5.82 Å². The Hall–Kier alpha value is -6.07. The maximum Gasteiger partial charge on any atom is 0.298 e. The number of aryl methyl sites for hydroxylation is 2. The molecule has 0 atom stereocenters. The Labute approximate surface area is 265 Å². The maximum absolute atomic E-state index is 6.75. The number of fused-ring (bicyclic) bond motifs is 6. The molecule has 0 amide bonds. The predicted octanol–water partition coefficient (Wildman–Crippen LogP) is 9.61. The molecule has 0 aliphatic carbocycles. The van der Waals surface area contributed by atoms with Gasteiger partial charge in [-0.1, -0.05) is 91.0 Å². The Morgan fingerprint density at radius 1 is 0.630 bits per heavy atom. The zero-order valence-corrected chi connectivity index (χ0v) is 25.5. The van der Waals surface area contributed by atoms with Crippen molar-refractivity contribution in [2.45, 2.75) is 6.92 Å². The van der Waals surface area contributed by atoms with Crippen molar-refractivity contribution in [1.82, 2.24) is 14.5 Å². The van der Waals surface area contributed by atoms with Crippen LogP contribution >= 0.6 is 0 Å². The summed E-state index contributed by atoms with van der Waals surface area (Å²) in [5.41, 5.74) is 11.9. The summed E-state index contributed by atoms with van der Waals surface area (Å²) in [6.07, 6.45) is 5.23. The maximum atomic E-state index is 6.75. The van der Waals surface area contributed by atoms with Gasteiger partial charge in [-0.3, -0.25) is 0 Å². The molecule has 0 bridgehead atoms. The third-order valence-corrected chi connectivity index (χ3v) is 9.21. The molecule has 9 rings (SSSR count). The van der Waals surface area contributed by atoms with E-state index >= 15 is 0 Å². The lowest BCUT2D eigenvalue weighted by Gasteiger charge is -2.09. The smallest absolute Gasteiger partial charge is 0.298 e. The van der Waals surface area contributed by atoms with Crippen LogP contribution in [0.2, 0.25) is 0 Å². The number of para-hydroxylation sites is 2. The summed E-state index contributed by atoms with van der Waals surface area (Å²) in [4.78, 5) is 8.31. The summed E-state index contributed by atoms with van der Waals surface area (Å²) >= 11 is 0. The highest BCUT2D eigenvalue weighted by molar-refractivity contribution is 6.20. The minimum Gasteiger partial charge on any atom is -0.455 e. The lowest BCUT2D eigenvalue weighted by atomic mass is 10.00. The van der Waals surface area contributed by atoms with Crippen molar-refractivity contribution in [3.05, 3.63) is 146 Å². The molecule has 5 nitrogen and oxygen atoms in total. The van der Waals surface area contributed by atoms with Gasteiger partial charge in [-0.05, 0) is 70.3 Å². The monoisotopic (exact) mass is 593 g/mol. The van der Waals surface area contributed by atoms with Crippen molar-refractivity contribution >= 4 is 43.7 Å². The predicted molar refractivity (Wildman–Crippen MR) is 186 cm³/mol. The molecule has 9 aromatic rings. The molecule has 0 aliphatic heterocycles. The molecule has 6 aromatic carbocycles. The number of rotatable bonds is 4. The van der Waals surface area contributed by atoms with Crippen LogP contribution in [0.15, 0.2) is 144 Å².